The van der Waals surface area contributed by atoms with Gasteiger partial charge in [-0.05, 0) is 17.7 Å². The average molecular weight is 356 g/mol. The number of carboxylic acid groups (broad SMARTS) is 1. The summed E-state index contributed by atoms with van der Waals surface area (Å²) in [6.07, 6.45) is -5.31. The van der Waals surface area contributed by atoms with Crippen LogP contribution in [0.1, 0.15) is 18.0 Å². The molecule has 1 unspecified atom stereocenters. The van der Waals surface area contributed by atoms with E-state index >= 15 is 0 Å². The number of amides is 2. The lowest BCUT2D eigenvalue weighted by Crippen LogP contribution is -2.44. The van der Waals surface area contributed by atoms with Crippen LogP contribution in [-0.2, 0) is 4.79 Å². The lowest BCUT2D eigenvalue weighted by atomic mass is 10.1. The van der Waals surface area contributed by atoms with Crippen LogP contribution >= 0.6 is 0 Å². The number of aliphatic carboxylic acids is 1. The summed E-state index contributed by atoms with van der Waals surface area (Å²) in [5.41, 5.74) is -0.405. The van der Waals surface area contributed by atoms with Gasteiger partial charge in [-0.2, -0.15) is 22.0 Å². The third-order valence-electron chi connectivity index (χ3n) is 2.67. The standard InChI is InChI=1S/C13H13F5N2O4/c14-11(15)24-8-3-1-7(2-4-8)10(13(16,17)18)20-12(23)19-6-5-9(21)22/h1-4,10-11H,5-6H2,(H,21,22)(H2,19,20,23). The minimum absolute atomic E-state index is 0.333. The van der Waals surface area contributed by atoms with Gasteiger partial charge in [0.15, 0.2) is 6.04 Å². The van der Waals surface area contributed by atoms with Crippen molar-refractivity contribution in [1.29, 1.82) is 0 Å². The van der Waals surface area contributed by atoms with Crippen molar-refractivity contribution in [3.63, 3.8) is 0 Å². The number of rotatable bonds is 7. The van der Waals surface area contributed by atoms with Crippen LogP contribution in [0.5, 0.6) is 5.75 Å². The summed E-state index contributed by atoms with van der Waals surface area (Å²) in [7, 11) is 0. The van der Waals surface area contributed by atoms with E-state index in [0.29, 0.717) is 0 Å². The molecule has 0 bridgehead atoms. The topological polar surface area (TPSA) is 87.7 Å². The molecule has 0 aliphatic heterocycles. The lowest BCUT2D eigenvalue weighted by molar-refractivity contribution is -0.155. The number of ether oxygens (including phenoxy) is 1. The summed E-state index contributed by atoms with van der Waals surface area (Å²) in [5, 5.41) is 12.0. The van der Waals surface area contributed by atoms with E-state index in [9.17, 15) is 31.5 Å². The molecule has 6 nitrogen and oxygen atoms in total. The third kappa shape index (κ3) is 6.67. The third-order valence-corrected chi connectivity index (χ3v) is 2.67. The van der Waals surface area contributed by atoms with Crippen molar-refractivity contribution in [2.24, 2.45) is 0 Å². The SMILES string of the molecule is O=C(O)CCNC(=O)NC(c1ccc(OC(F)F)cc1)C(F)(F)F. The Morgan fingerprint density at radius 2 is 1.75 bits per heavy atom. The van der Waals surface area contributed by atoms with E-state index in [4.69, 9.17) is 5.11 Å². The molecule has 1 atom stereocenters. The number of carbonyl (C=O) groups excluding carboxylic acids is 1. The summed E-state index contributed by atoms with van der Waals surface area (Å²) in [4.78, 5) is 21.7. The Morgan fingerprint density at radius 1 is 1.17 bits per heavy atom. The number of benzene rings is 1. The van der Waals surface area contributed by atoms with Crippen molar-refractivity contribution < 1.29 is 41.4 Å². The number of urea groups is 1. The zero-order valence-electron chi connectivity index (χ0n) is 11.9. The Kier molecular flexibility index (Phi) is 6.74. The van der Waals surface area contributed by atoms with Gasteiger partial charge in [-0.25, -0.2) is 4.79 Å². The number of carbonyl (C=O) groups is 2. The second-order valence-electron chi connectivity index (χ2n) is 4.47. The summed E-state index contributed by atoms with van der Waals surface area (Å²) in [6.45, 7) is -3.47. The smallest absolute Gasteiger partial charge is 0.412 e. The second kappa shape index (κ2) is 8.31. The molecule has 11 heteroatoms. The molecule has 24 heavy (non-hydrogen) atoms. The Hall–Kier alpha value is -2.59. The zero-order valence-corrected chi connectivity index (χ0v) is 11.9. The van der Waals surface area contributed by atoms with E-state index in [0.717, 1.165) is 24.3 Å². The highest BCUT2D eigenvalue weighted by Crippen LogP contribution is 2.33. The van der Waals surface area contributed by atoms with Gasteiger partial charge in [0.05, 0.1) is 6.42 Å². The molecule has 0 radical (unpaired) electrons. The molecule has 0 heterocycles. The van der Waals surface area contributed by atoms with E-state index < -0.39 is 42.8 Å². The molecule has 0 aromatic heterocycles. The van der Waals surface area contributed by atoms with Crippen molar-refractivity contribution in [3.05, 3.63) is 29.8 Å². The van der Waals surface area contributed by atoms with E-state index in [2.05, 4.69) is 4.74 Å². The van der Waals surface area contributed by atoms with E-state index in [1.165, 1.54) is 0 Å². The number of hydrogen-bond acceptors (Lipinski definition) is 3. The van der Waals surface area contributed by atoms with Crippen LogP contribution in [0.4, 0.5) is 26.7 Å². The predicted molar refractivity (Wildman–Crippen MR) is 70.7 cm³/mol. The minimum atomic E-state index is -4.85. The van der Waals surface area contributed by atoms with Crippen molar-refractivity contribution >= 4 is 12.0 Å². The quantitative estimate of drug-likeness (QED) is 0.656. The van der Waals surface area contributed by atoms with Crippen molar-refractivity contribution in [3.8, 4) is 5.75 Å². The Balaban J connectivity index is 2.79. The molecule has 0 aliphatic rings. The highest BCUT2D eigenvalue weighted by atomic mass is 19.4. The molecule has 134 valence electrons. The normalized spacial score (nSPS) is 12.6. The van der Waals surface area contributed by atoms with Crippen LogP contribution in [0.15, 0.2) is 24.3 Å². The number of alkyl halides is 5. The predicted octanol–water partition coefficient (Wildman–Crippen LogP) is 2.67. The van der Waals surface area contributed by atoms with Gasteiger partial charge in [0.25, 0.3) is 0 Å². The van der Waals surface area contributed by atoms with Gasteiger partial charge in [0, 0.05) is 6.54 Å². The zero-order chi connectivity index (χ0) is 18.3. The molecule has 0 spiro atoms. The van der Waals surface area contributed by atoms with Gasteiger partial charge in [0.2, 0.25) is 0 Å². The fraction of sp³-hybridized carbons (Fsp3) is 0.385. The molecule has 3 N–H and O–H groups in total. The van der Waals surface area contributed by atoms with Crippen LogP contribution in [0.2, 0.25) is 0 Å². The maximum atomic E-state index is 13.0. The molecule has 0 aliphatic carbocycles. The van der Waals surface area contributed by atoms with Crippen molar-refractivity contribution in [2.75, 3.05) is 6.54 Å². The van der Waals surface area contributed by atoms with Gasteiger partial charge >= 0.3 is 24.8 Å². The molecular weight excluding hydrogens is 343 g/mol. The van der Waals surface area contributed by atoms with Gasteiger partial charge < -0.3 is 20.5 Å². The highest BCUT2D eigenvalue weighted by molar-refractivity contribution is 5.75. The first kappa shape index (κ1) is 19.5. The molecule has 1 aromatic carbocycles. The summed E-state index contributed by atoms with van der Waals surface area (Å²) in [5.74, 6) is -1.56. The van der Waals surface area contributed by atoms with Crippen LogP contribution in [0, 0.1) is 0 Å². The van der Waals surface area contributed by atoms with Crippen molar-refractivity contribution in [2.45, 2.75) is 25.3 Å². The average Bonchev–Trinajstić information content (AvgIpc) is 2.43. The molecule has 1 aromatic rings. The maximum Gasteiger partial charge on any atom is 0.412 e. The fourth-order valence-electron chi connectivity index (χ4n) is 1.66. The van der Waals surface area contributed by atoms with Gasteiger partial charge in [-0.1, -0.05) is 12.1 Å². The van der Waals surface area contributed by atoms with E-state index in [-0.39, 0.29) is 12.3 Å². The number of nitrogens with one attached hydrogen (secondary N) is 2. The van der Waals surface area contributed by atoms with Gasteiger partial charge in [-0.3, -0.25) is 4.79 Å². The summed E-state index contributed by atoms with van der Waals surface area (Å²) >= 11 is 0. The molecule has 0 saturated carbocycles. The molecule has 2 amide bonds. The Labute approximate surface area is 132 Å². The first-order valence-electron chi connectivity index (χ1n) is 6.47. The molecule has 0 saturated heterocycles. The van der Waals surface area contributed by atoms with Crippen molar-refractivity contribution in [1.82, 2.24) is 10.6 Å². The van der Waals surface area contributed by atoms with Crippen LogP contribution in [-0.4, -0.2) is 36.4 Å². The largest absolute Gasteiger partial charge is 0.481 e. The number of carboxylic acids is 1. The van der Waals surface area contributed by atoms with E-state index in [1.54, 1.807) is 5.32 Å². The monoisotopic (exact) mass is 356 g/mol. The molecular formula is C13H13F5N2O4. The number of hydrogen-bond donors (Lipinski definition) is 3. The fourth-order valence-corrected chi connectivity index (χ4v) is 1.66. The van der Waals surface area contributed by atoms with Crippen LogP contribution in [0.3, 0.4) is 0 Å². The van der Waals surface area contributed by atoms with E-state index in [1.807, 2.05) is 5.32 Å². The second-order valence-corrected chi connectivity index (χ2v) is 4.47. The Morgan fingerprint density at radius 3 is 2.21 bits per heavy atom. The van der Waals surface area contributed by atoms with Crippen LogP contribution in [0.25, 0.3) is 0 Å². The highest BCUT2D eigenvalue weighted by Gasteiger charge is 2.41. The minimum Gasteiger partial charge on any atom is -0.481 e. The first-order chi connectivity index (χ1) is 11.1. The first-order valence-corrected chi connectivity index (χ1v) is 6.47. The summed E-state index contributed by atoms with van der Waals surface area (Å²) in [6, 6.07) is -0.0376. The molecule has 1 rings (SSSR count). The summed E-state index contributed by atoms with van der Waals surface area (Å²) < 4.78 is 67.2. The maximum absolute atomic E-state index is 13.0. The number of halogens is 5. The van der Waals surface area contributed by atoms with Gasteiger partial charge in [-0.15, -0.1) is 0 Å². The molecule has 0 fully saturated rings. The lowest BCUT2D eigenvalue weighted by Gasteiger charge is -2.22. The van der Waals surface area contributed by atoms with Crippen LogP contribution < -0.4 is 15.4 Å². The Bertz CT molecular complexity index is 562. The van der Waals surface area contributed by atoms with Gasteiger partial charge in [0.1, 0.15) is 5.75 Å².